The number of aliphatic hydroxyl groups excluding tert-OH is 1. The molecule has 2 N–H and O–H groups in total. The van der Waals surface area contributed by atoms with Gasteiger partial charge in [-0.05, 0) is 19.9 Å². The fraction of sp³-hybridized carbons (Fsp3) is 0.364. The van der Waals surface area contributed by atoms with Crippen molar-refractivity contribution in [1.29, 1.82) is 0 Å². The molecule has 2 aromatic rings. The molecule has 5 nitrogen and oxygen atoms in total. The van der Waals surface area contributed by atoms with Gasteiger partial charge < -0.3 is 19.2 Å². The standard InChI is InChI=1S/C11H13NO4/c1-6-4-12(5-9(13)14)11(15)8-3-7(2)16-10(6)8/h3-4,9,13-14H,5H2,1-2H3. The van der Waals surface area contributed by atoms with E-state index in [1.807, 2.05) is 6.92 Å². The van der Waals surface area contributed by atoms with E-state index >= 15 is 0 Å². The van der Waals surface area contributed by atoms with Gasteiger partial charge in [0.25, 0.3) is 5.56 Å². The minimum absolute atomic E-state index is 0.139. The summed E-state index contributed by atoms with van der Waals surface area (Å²) in [5.74, 6) is 0.664. The molecule has 0 aromatic carbocycles. The molecule has 2 rings (SSSR count). The zero-order valence-corrected chi connectivity index (χ0v) is 9.10. The topological polar surface area (TPSA) is 75.6 Å². The summed E-state index contributed by atoms with van der Waals surface area (Å²) in [5.41, 5.74) is 1.08. The maximum absolute atomic E-state index is 11.9. The Morgan fingerprint density at radius 2 is 2.12 bits per heavy atom. The summed E-state index contributed by atoms with van der Waals surface area (Å²) in [6, 6.07) is 1.66. The molecule has 0 saturated carbocycles. The molecule has 86 valence electrons. The number of furan rings is 1. The molecule has 0 atom stereocenters. The molecule has 0 bridgehead atoms. The first-order valence-corrected chi connectivity index (χ1v) is 4.95. The van der Waals surface area contributed by atoms with Crippen LogP contribution in [0.4, 0.5) is 0 Å². The van der Waals surface area contributed by atoms with Gasteiger partial charge in [0.1, 0.15) is 11.3 Å². The smallest absolute Gasteiger partial charge is 0.261 e. The highest BCUT2D eigenvalue weighted by atomic mass is 16.5. The van der Waals surface area contributed by atoms with Gasteiger partial charge in [-0.3, -0.25) is 4.79 Å². The van der Waals surface area contributed by atoms with Gasteiger partial charge in [-0.1, -0.05) is 0 Å². The zero-order valence-electron chi connectivity index (χ0n) is 9.10. The number of fused-ring (bicyclic) bond motifs is 1. The fourth-order valence-electron chi connectivity index (χ4n) is 1.78. The second-order valence-corrected chi connectivity index (χ2v) is 3.85. The molecule has 0 saturated heterocycles. The second-order valence-electron chi connectivity index (χ2n) is 3.85. The molecule has 0 radical (unpaired) electrons. The third kappa shape index (κ3) is 1.75. The Morgan fingerprint density at radius 3 is 2.75 bits per heavy atom. The highest BCUT2D eigenvalue weighted by Gasteiger charge is 2.11. The second kappa shape index (κ2) is 3.77. The van der Waals surface area contributed by atoms with Crippen molar-refractivity contribution in [2.75, 3.05) is 0 Å². The van der Waals surface area contributed by atoms with Crippen molar-refractivity contribution in [3.05, 3.63) is 33.9 Å². The summed E-state index contributed by atoms with van der Waals surface area (Å²) in [4.78, 5) is 11.9. The van der Waals surface area contributed by atoms with Gasteiger partial charge in [-0.25, -0.2) is 0 Å². The van der Waals surface area contributed by atoms with Crippen molar-refractivity contribution in [2.45, 2.75) is 26.7 Å². The van der Waals surface area contributed by atoms with Crippen molar-refractivity contribution in [3.8, 4) is 0 Å². The van der Waals surface area contributed by atoms with E-state index in [9.17, 15) is 4.79 Å². The van der Waals surface area contributed by atoms with Gasteiger partial charge in [-0.2, -0.15) is 0 Å². The molecular weight excluding hydrogens is 210 g/mol. The molecule has 0 spiro atoms. The van der Waals surface area contributed by atoms with Gasteiger partial charge in [0, 0.05) is 11.8 Å². The van der Waals surface area contributed by atoms with E-state index in [1.165, 1.54) is 4.57 Å². The highest BCUT2D eigenvalue weighted by molar-refractivity contribution is 5.79. The molecule has 0 fully saturated rings. The van der Waals surface area contributed by atoms with Gasteiger partial charge in [0.05, 0.1) is 11.9 Å². The Kier molecular flexibility index (Phi) is 2.57. The van der Waals surface area contributed by atoms with E-state index in [1.54, 1.807) is 19.2 Å². The predicted molar refractivity (Wildman–Crippen MR) is 58.2 cm³/mol. The average Bonchev–Trinajstić information content (AvgIpc) is 2.56. The normalized spacial score (nSPS) is 11.6. The van der Waals surface area contributed by atoms with Crippen LogP contribution in [-0.2, 0) is 6.54 Å². The molecule has 16 heavy (non-hydrogen) atoms. The Morgan fingerprint density at radius 1 is 1.44 bits per heavy atom. The maximum atomic E-state index is 11.9. The lowest BCUT2D eigenvalue weighted by atomic mass is 10.2. The lowest BCUT2D eigenvalue weighted by Crippen LogP contribution is -2.26. The van der Waals surface area contributed by atoms with E-state index in [2.05, 4.69) is 0 Å². The summed E-state index contributed by atoms with van der Waals surface area (Å²) in [6.07, 6.45) is 0.0232. The van der Waals surface area contributed by atoms with Crippen LogP contribution in [0.2, 0.25) is 0 Å². The minimum Gasteiger partial charge on any atom is -0.461 e. The molecule has 2 heterocycles. The van der Waals surface area contributed by atoms with Crippen LogP contribution in [0.1, 0.15) is 11.3 Å². The van der Waals surface area contributed by atoms with E-state index in [-0.39, 0.29) is 12.1 Å². The molecule has 0 aliphatic rings. The number of rotatable bonds is 2. The quantitative estimate of drug-likeness (QED) is 0.728. The van der Waals surface area contributed by atoms with Gasteiger partial charge in [0.15, 0.2) is 6.29 Å². The summed E-state index contributed by atoms with van der Waals surface area (Å²) in [5, 5.41) is 18.2. The molecule has 0 aliphatic carbocycles. The van der Waals surface area contributed by atoms with Crippen molar-refractivity contribution < 1.29 is 14.6 Å². The molecular formula is C11H13NO4. The largest absolute Gasteiger partial charge is 0.461 e. The predicted octanol–water partition coefficient (Wildman–Crippen LogP) is 0.522. The van der Waals surface area contributed by atoms with Gasteiger partial charge in [0.2, 0.25) is 0 Å². The molecule has 0 unspecified atom stereocenters. The van der Waals surface area contributed by atoms with Crippen LogP contribution < -0.4 is 5.56 Å². The summed E-state index contributed by atoms with van der Waals surface area (Å²) < 4.78 is 6.68. The van der Waals surface area contributed by atoms with Crippen molar-refractivity contribution >= 4 is 11.0 Å². The Bertz CT molecular complexity index is 579. The monoisotopic (exact) mass is 223 g/mol. The van der Waals surface area contributed by atoms with Crippen LogP contribution in [-0.4, -0.2) is 21.1 Å². The van der Waals surface area contributed by atoms with Crippen LogP contribution in [0, 0.1) is 13.8 Å². The molecule has 2 aromatic heterocycles. The van der Waals surface area contributed by atoms with Crippen molar-refractivity contribution in [2.24, 2.45) is 0 Å². The van der Waals surface area contributed by atoms with Crippen LogP contribution >= 0.6 is 0 Å². The Balaban J connectivity index is 2.70. The highest BCUT2D eigenvalue weighted by Crippen LogP contribution is 2.18. The average molecular weight is 223 g/mol. The Labute approximate surface area is 91.5 Å². The number of hydrogen-bond donors (Lipinski definition) is 2. The molecule has 0 aliphatic heterocycles. The van der Waals surface area contributed by atoms with E-state index in [4.69, 9.17) is 14.6 Å². The third-order valence-electron chi connectivity index (χ3n) is 2.41. The first-order valence-electron chi connectivity index (χ1n) is 4.95. The number of aryl methyl sites for hydroxylation is 2. The number of hydrogen-bond acceptors (Lipinski definition) is 4. The zero-order chi connectivity index (χ0) is 11.9. The molecule has 0 amide bonds. The number of pyridine rings is 1. The summed E-state index contributed by atoms with van der Waals surface area (Å²) in [6.45, 7) is 3.44. The van der Waals surface area contributed by atoms with E-state index in [0.717, 1.165) is 5.56 Å². The Hall–Kier alpha value is -1.59. The third-order valence-corrected chi connectivity index (χ3v) is 2.41. The van der Waals surface area contributed by atoms with Gasteiger partial charge >= 0.3 is 0 Å². The van der Waals surface area contributed by atoms with Crippen LogP contribution in [0.15, 0.2) is 21.5 Å². The van der Waals surface area contributed by atoms with Gasteiger partial charge in [-0.15, -0.1) is 0 Å². The molecule has 5 heteroatoms. The minimum atomic E-state index is -1.54. The van der Waals surface area contributed by atoms with Crippen LogP contribution in [0.3, 0.4) is 0 Å². The van der Waals surface area contributed by atoms with E-state index < -0.39 is 6.29 Å². The van der Waals surface area contributed by atoms with Crippen LogP contribution in [0.5, 0.6) is 0 Å². The van der Waals surface area contributed by atoms with Crippen LogP contribution in [0.25, 0.3) is 11.0 Å². The number of aromatic nitrogens is 1. The maximum Gasteiger partial charge on any atom is 0.261 e. The lowest BCUT2D eigenvalue weighted by molar-refractivity contribution is -0.0518. The van der Waals surface area contributed by atoms with E-state index in [0.29, 0.717) is 16.7 Å². The number of aliphatic hydroxyl groups is 2. The summed E-state index contributed by atoms with van der Waals surface area (Å²) >= 11 is 0. The number of nitrogens with zero attached hydrogens (tertiary/aromatic N) is 1. The first-order chi connectivity index (χ1) is 7.49. The van der Waals surface area contributed by atoms with Crippen molar-refractivity contribution in [1.82, 2.24) is 4.57 Å². The summed E-state index contributed by atoms with van der Waals surface area (Å²) in [7, 11) is 0. The van der Waals surface area contributed by atoms with Crippen molar-refractivity contribution in [3.63, 3.8) is 0 Å². The fourth-order valence-corrected chi connectivity index (χ4v) is 1.78. The lowest BCUT2D eigenvalue weighted by Gasteiger charge is -2.08. The first kappa shape index (κ1) is 10.9. The SMILES string of the molecule is Cc1cc2c(=O)n(CC(O)O)cc(C)c2o1.